The topological polar surface area (TPSA) is 74.7 Å². The second kappa shape index (κ2) is 8.11. The highest BCUT2D eigenvalue weighted by Crippen LogP contribution is 2.23. The van der Waals surface area contributed by atoms with Crippen LogP contribution in [-0.2, 0) is 16.4 Å². The number of carboxylic acids is 1. The summed E-state index contributed by atoms with van der Waals surface area (Å²) in [4.78, 5) is 10.4. The van der Waals surface area contributed by atoms with Crippen LogP contribution in [0.25, 0.3) is 0 Å². The molecular formula is C17H16ClF2NO4S. The molecule has 0 unspecified atom stereocenters. The molecule has 0 aliphatic carbocycles. The van der Waals surface area contributed by atoms with E-state index in [1.807, 2.05) is 0 Å². The molecule has 0 saturated heterocycles. The van der Waals surface area contributed by atoms with Gasteiger partial charge in [-0.1, -0.05) is 36.7 Å². The molecule has 0 amide bonds. The smallest absolute Gasteiger partial charge is 0.338 e. The Balaban J connectivity index is 2.35. The van der Waals surface area contributed by atoms with E-state index in [-0.39, 0.29) is 13.1 Å². The van der Waals surface area contributed by atoms with Crippen LogP contribution in [0.1, 0.15) is 22.8 Å². The highest BCUT2D eigenvalue weighted by Gasteiger charge is 2.27. The second-order valence-corrected chi connectivity index (χ2v) is 7.76. The number of likely N-dealkylation sites (N-methyl/N-ethyl adjacent to an activating group) is 1. The van der Waals surface area contributed by atoms with Crippen molar-refractivity contribution in [1.82, 2.24) is 4.31 Å². The number of halogens is 3. The van der Waals surface area contributed by atoms with Crippen molar-refractivity contribution in [3.8, 4) is 0 Å². The van der Waals surface area contributed by atoms with Crippen LogP contribution in [0.4, 0.5) is 8.78 Å². The van der Waals surface area contributed by atoms with Gasteiger partial charge >= 0.3 is 5.97 Å². The zero-order chi connectivity index (χ0) is 19.5. The summed E-state index contributed by atoms with van der Waals surface area (Å²) in [5.74, 6) is -4.89. The molecule has 2 rings (SSSR count). The predicted molar refractivity (Wildman–Crippen MR) is 92.9 cm³/mol. The molecule has 0 spiro atoms. The number of sulfonamides is 1. The average molecular weight is 404 g/mol. The molecule has 1 N–H and O–H groups in total. The van der Waals surface area contributed by atoms with E-state index < -0.39 is 38.1 Å². The monoisotopic (exact) mass is 403 g/mol. The fourth-order valence-corrected chi connectivity index (χ4v) is 4.13. The molecule has 0 aliphatic heterocycles. The Labute approximate surface area is 154 Å². The van der Waals surface area contributed by atoms with Crippen molar-refractivity contribution in [3.05, 3.63) is 64.2 Å². The minimum Gasteiger partial charge on any atom is -0.478 e. The first-order valence-electron chi connectivity index (χ1n) is 7.64. The Morgan fingerprint density at radius 1 is 1.23 bits per heavy atom. The Bertz CT molecular complexity index is 934. The van der Waals surface area contributed by atoms with E-state index in [1.165, 1.54) is 0 Å². The lowest BCUT2D eigenvalue weighted by Gasteiger charge is -2.21. The lowest BCUT2D eigenvalue weighted by atomic mass is 10.1. The summed E-state index contributed by atoms with van der Waals surface area (Å²) in [5.41, 5.74) is -0.301. The molecule has 0 aliphatic rings. The third-order valence-electron chi connectivity index (χ3n) is 3.81. The second-order valence-electron chi connectivity index (χ2n) is 5.41. The highest BCUT2D eigenvalue weighted by molar-refractivity contribution is 7.89. The van der Waals surface area contributed by atoms with Crippen LogP contribution in [0.3, 0.4) is 0 Å². The van der Waals surface area contributed by atoms with Gasteiger partial charge in [0, 0.05) is 18.1 Å². The van der Waals surface area contributed by atoms with E-state index in [1.54, 1.807) is 31.2 Å². The lowest BCUT2D eigenvalue weighted by Crippen LogP contribution is -2.33. The lowest BCUT2D eigenvalue weighted by molar-refractivity contribution is 0.0690. The fraction of sp³-hybridized carbons (Fsp3) is 0.235. The van der Waals surface area contributed by atoms with Crippen LogP contribution in [0.5, 0.6) is 0 Å². The maximum atomic E-state index is 13.7. The van der Waals surface area contributed by atoms with E-state index in [0.717, 1.165) is 9.87 Å². The van der Waals surface area contributed by atoms with Crippen molar-refractivity contribution >= 4 is 27.6 Å². The summed E-state index contributed by atoms with van der Waals surface area (Å²) in [5, 5.41) is 9.42. The van der Waals surface area contributed by atoms with E-state index in [9.17, 15) is 22.0 Å². The molecule has 2 aromatic rings. The van der Waals surface area contributed by atoms with Gasteiger partial charge in [0.15, 0.2) is 11.6 Å². The summed E-state index contributed by atoms with van der Waals surface area (Å²) >= 11 is 6.05. The van der Waals surface area contributed by atoms with E-state index in [4.69, 9.17) is 16.7 Å². The fourth-order valence-electron chi connectivity index (χ4n) is 2.41. The van der Waals surface area contributed by atoms with E-state index in [2.05, 4.69) is 0 Å². The van der Waals surface area contributed by atoms with E-state index in [0.29, 0.717) is 23.6 Å². The molecule has 0 bridgehead atoms. The van der Waals surface area contributed by atoms with Crippen molar-refractivity contribution in [2.75, 3.05) is 13.1 Å². The molecule has 0 atom stereocenters. The third-order valence-corrected chi connectivity index (χ3v) is 6.13. The molecule has 26 heavy (non-hydrogen) atoms. The molecule has 0 fully saturated rings. The number of hydrogen-bond donors (Lipinski definition) is 1. The maximum absolute atomic E-state index is 13.7. The number of benzene rings is 2. The zero-order valence-corrected chi connectivity index (χ0v) is 15.3. The van der Waals surface area contributed by atoms with Crippen molar-refractivity contribution in [2.45, 2.75) is 18.2 Å². The number of rotatable bonds is 7. The normalized spacial score (nSPS) is 11.7. The average Bonchev–Trinajstić information content (AvgIpc) is 2.58. The van der Waals surface area contributed by atoms with E-state index >= 15 is 0 Å². The highest BCUT2D eigenvalue weighted by atomic mass is 35.5. The molecule has 0 radical (unpaired) electrons. The standard InChI is InChI=1S/C17H16ClF2NO4S/c1-2-21(8-7-11-5-3-4-6-14(11)18)26(24,25)12-9-13(17(22)23)16(20)15(19)10-12/h3-6,9-10H,2,7-8H2,1H3,(H,22,23). The molecular weight excluding hydrogens is 388 g/mol. The predicted octanol–water partition coefficient (Wildman–Crippen LogP) is 3.57. The van der Waals surface area contributed by atoms with Gasteiger partial charge in [-0.05, 0) is 30.2 Å². The molecule has 140 valence electrons. The SMILES string of the molecule is CCN(CCc1ccccc1Cl)S(=O)(=O)c1cc(F)c(F)c(C(=O)O)c1. The quantitative estimate of drug-likeness (QED) is 0.766. The Hall–Kier alpha value is -2.03. The molecule has 0 heterocycles. The number of nitrogens with zero attached hydrogens (tertiary/aromatic N) is 1. The van der Waals surface area contributed by atoms with Crippen molar-refractivity contribution in [1.29, 1.82) is 0 Å². The van der Waals surface area contributed by atoms with Gasteiger partial charge in [0.2, 0.25) is 10.0 Å². The molecule has 9 heteroatoms. The number of carboxylic acid groups (broad SMARTS) is 1. The van der Waals surface area contributed by atoms with Gasteiger partial charge in [0.05, 0.1) is 10.5 Å². The summed E-state index contributed by atoms with van der Waals surface area (Å²) in [6.45, 7) is 1.69. The Kier molecular flexibility index (Phi) is 6.33. The van der Waals surface area contributed by atoms with Crippen LogP contribution < -0.4 is 0 Å². The maximum Gasteiger partial charge on any atom is 0.338 e. The van der Waals surface area contributed by atoms with Crippen molar-refractivity contribution < 1.29 is 27.1 Å². The minimum absolute atomic E-state index is 0.0456. The molecule has 0 aromatic heterocycles. The first-order chi connectivity index (χ1) is 12.2. The Morgan fingerprint density at radius 3 is 2.46 bits per heavy atom. The van der Waals surface area contributed by atoms with Crippen LogP contribution in [-0.4, -0.2) is 36.9 Å². The number of carbonyl (C=O) groups is 1. The van der Waals surface area contributed by atoms with Crippen LogP contribution in [0, 0.1) is 11.6 Å². The van der Waals surface area contributed by atoms with Crippen LogP contribution in [0.2, 0.25) is 5.02 Å². The van der Waals surface area contributed by atoms with Gasteiger partial charge in [-0.15, -0.1) is 0 Å². The molecule has 5 nitrogen and oxygen atoms in total. The van der Waals surface area contributed by atoms with Crippen molar-refractivity contribution in [3.63, 3.8) is 0 Å². The largest absolute Gasteiger partial charge is 0.478 e. The van der Waals surface area contributed by atoms with Crippen molar-refractivity contribution in [2.24, 2.45) is 0 Å². The summed E-state index contributed by atoms with van der Waals surface area (Å²) in [6.07, 6.45) is 0.308. The van der Waals surface area contributed by atoms with Gasteiger partial charge in [0.1, 0.15) is 0 Å². The number of aromatic carboxylic acids is 1. The first kappa shape index (κ1) is 20.3. The first-order valence-corrected chi connectivity index (χ1v) is 9.46. The van der Waals surface area contributed by atoms with Gasteiger partial charge in [-0.25, -0.2) is 22.0 Å². The summed E-state index contributed by atoms with van der Waals surface area (Å²) < 4.78 is 53.7. The Morgan fingerprint density at radius 2 is 1.88 bits per heavy atom. The molecule has 2 aromatic carbocycles. The summed E-state index contributed by atoms with van der Waals surface area (Å²) in [7, 11) is -4.21. The number of hydrogen-bond acceptors (Lipinski definition) is 3. The van der Waals surface area contributed by atoms with Crippen LogP contribution in [0.15, 0.2) is 41.3 Å². The van der Waals surface area contributed by atoms with Gasteiger partial charge < -0.3 is 5.11 Å². The molecule has 0 saturated carbocycles. The zero-order valence-electron chi connectivity index (χ0n) is 13.7. The third kappa shape index (κ3) is 4.20. The van der Waals surface area contributed by atoms with Gasteiger partial charge in [0.25, 0.3) is 0 Å². The van der Waals surface area contributed by atoms with Crippen LogP contribution >= 0.6 is 11.6 Å². The minimum atomic E-state index is -4.21. The summed E-state index contributed by atoms with van der Waals surface area (Å²) in [6, 6.07) is 8.04. The van der Waals surface area contributed by atoms with Gasteiger partial charge in [-0.2, -0.15) is 4.31 Å². The van der Waals surface area contributed by atoms with Gasteiger partial charge in [-0.3, -0.25) is 0 Å².